The lowest BCUT2D eigenvalue weighted by Crippen LogP contribution is -2.37. The van der Waals surface area contributed by atoms with Crippen LogP contribution >= 0.6 is 0 Å². The normalized spacial score (nSPS) is 20.7. The van der Waals surface area contributed by atoms with Gasteiger partial charge in [0.2, 0.25) is 0 Å². The van der Waals surface area contributed by atoms with E-state index in [4.69, 9.17) is 0 Å². The summed E-state index contributed by atoms with van der Waals surface area (Å²) < 4.78 is 0. The van der Waals surface area contributed by atoms with E-state index in [1.54, 1.807) is 0 Å². The highest BCUT2D eigenvalue weighted by Crippen LogP contribution is 2.70. The fourth-order valence-electron chi connectivity index (χ4n) is 15.3. The van der Waals surface area contributed by atoms with Crippen molar-refractivity contribution in [3.63, 3.8) is 0 Å². The molecule has 8 aromatic carbocycles. The molecular weight excluding hydrogens is 963 g/mol. The second-order valence-electron chi connectivity index (χ2n) is 28.7. The van der Waals surface area contributed by atoms with Gasteiger partial charge in [0, 0.05) is 22.9 Å². The molecule has 0 fully saturated rings. The zero-order chi connectivity index (χ0) is 55.7. The Morgan fingerprint density at radius 3 is 1.55 bits per heavy atom. The van der Waals surface area contributed by atoms with Gasteiger partial charge in [-0.25, -0.2) is 0 Å². The van der Waals surface area contributed by atoms with Crippen molar-refractivity contribution in [1.29, 1.82) is 0 Å². The molecule has 3 unspecified atom stereocenters. The van der Waals surface area contributed by atoms with Crippen molar-refractivity contribution in [3.8, 4) is 33.4 Å². The predicted molar refractivity (Wildman–Crippen MR) is 340 cm³/mol. The molecule has 0 aromatic heterocycles. The van der Waals surface area contributed by atoms with Crippen molar-refractivity contribution in [2.24, 2.45) is 16.7 Å². The summed E-state index contributed by atoms with van der Waals surface area (Å²) in [5.41, 5.74) is 29.8. The first-order chi connectivity index (χ1) is 38.0. The maximum Gasteiger partial charge on any atom is 0.0726 e. The molecule has 14 rings (SSSR count). The van der Waals surface area contributed by atoms with Gasteiger partial charge in [-0.3, -0.25) is 0 Å². The van der Waals surface area contributed by atoms with Gasteiger partial charge in [0.05, 0.1) is 16.5 Å². The van der Waals surface area contributed by atoms with Crippen LogP contribution in [-0.2, 0) is 27.1 Å². The highest BCUT2D eigenvalue weighted by Gasteiger charge is 2.60. The highest BCUT2D eigenvalue weighted by atomic mass is 15.1. The van der Waals surface area contributed by atoms with Crippen molar-refractivity contribution in [3.05, 3.63) is 267 Å². The Hall–Kier alpha value is -7.48. The number of anilines is 3. The SMILES string of the molecule is CC(C)(C)c1ccc2c(c1)C1(c3ccccc3-c3ccc(N(c4ccc5c(c4)C4(C6=CC(C)(C(C)(C)C)CC=C6c6ccc(C(C)(C)C)cc64)C4CC=CC=C54)c4ccccc4-c4ccccc4)cc31)c1cc(C(C)(C)C)ccc1-2. The Morgan fingerprint density at radius 1 is 0.450 bits per heavy atom. The maximum absolute atomic E-state index is 2.77. The molecule has 6 aliphatic rings. The summed E-state index contributed by atoms with van der Waals surface area (Å²) in [6.07, 6.45) is 14.6. The molecule has 0 aliphatic heterocycles. The molecule has 0 saturated carbocycles. The van der Waals surface area contributed by atoms with Crippen molar-refractivity contribution in [2.75, 3.05) is 4.90 Å². The standard InChI is InChI=1S/C79H77N/c1-73(2,3)50-31-36-58-59-37-32-51(74(4,5)6)44-67(59)78(66(58)43-50)64-28-20-17-26-56(64)61-39-34-53(46-69(61)78)80(72-30-22-19-25-55(72)49-23-15-14-16-24-49)54-35-40-62-57-27-18-21-29-65(57)79(70(62)47-54)68-45-52(75(7,8)9)33-38-60(68)63-41-42-77(13,48-71(63)79)76(10,11)12/h14-28,30-41,43-48,65H,29,42H2,1-13H3. The first-order valence-corrected chi connectivity index (χ1v) is 29.7. The zero-order valence-corrected chi connectivity index (χ0v) is 49.5. The van der Waals surface area contributed by atoms with E-state index in [2.05, 4.69) is 295 Å². The molecular formula is C79H77N. The molecule has 80 heavy (non-hydrogen) atoms. The molecule has 0 bridgehead atoms. The molecule has 0 N–H and O–H groups in total. The monoisotopic (exact) mass is 1040 g/mol. The maximum atomic E-state index is 2.77. The second-order valence-corrected chi connectivity index (χ2v) is 28.7. The van der Waals surface area contributed by atoms with Crippen LogP contribution < -0.4 is 4.90 Å². The third-order valence-electron chi connectivity index (χ3n) is 20.3. The fourth-order valence-corrected chi connectivity index (χ4v) is 15.3. The minimum absolute atomic E-state index is 0.0212. The third kappa shape index (κ3) is 7.01. The number of rotatable bonds is 4. The van der Waals surface area contributed by atoms with Crippen LogP contribution in [0.1, 0.15) is 164 Å². The van der Waals surface area contributed by atoms with Gasteiger partial charge in [-0.2, -0.15) is 0 Å². The summed E-state index contributed by atoms with van der Waals surface area (Å²) >= 11 is 0. The molecule has 0 radical (unpaired) electrons. The van der Waals surface area contributed by atoms with Crippen LogP contribution in [-0.4, -0.2) is 0 Å². The first kappa shape index (κ1) is 50.7. The summed E-state index contributed by atoms with van der Waals surface area (Å²) in [5.74, 6) is 0.244. The number of hydrogen-bond donors (Lipinski definition) is 0. The molecule has 0 amide bonds. The fraction of sp³-hybridized carbons (Fsp3) is 0.291. The first-order valence-electron chi connectivity index (χ1n) is 29.7. The number of allylic oxidation sites excluding steroid dienone is 8. The zero-order valence-electron chi connectivity index (χ0n) is 49.5. The van der Waals surface area contributed by atoms with Crippen molar-refractivity contribution in [2.45, 2.75) is 130 Å². The Bertz CT molecular complexity index is 4000. The number of benzene rings is 8. The summed E-state index contributed by atoms with van der Waals surface area (Å²) in [4.78, 5) is 2.63. The lowest BCUT2D eigenvalue weighted by atomic mass is 9.58. The molecule has 3 atom stereocenters. The van der Waals surface area contributed by atoms with E-state index in [0.29, 0.717) is 0 Å². The lowest BCUT2D eigenvalue weighted by molar-refractivity contribution is 0.168. The molecule has 0 heterocycles. The minimum atomic E-state index is -0.550. The van der Waals surface area contributed by atoms with Gasteiger partial charge in [0.15, 0.2) is 0 Å². The number of fused-ring (bicyclic) bond motifs is 20. The van der Waals surface area contributed by atoms with Crippen LogP contribution in [0.25, 0.3) is 44.5 Å². The average Bonchev–Trinajstić information content (AvgIpc) is 1.87. The van der Waals surface area contributed by atoms with Crippen LogP contribution in [0.4, 0.5) is 17.1 Å². The molecule has 1 nitrogen and oxygen atoms in total. The van der Waals surface area contributed by atoms with Crippen LogP contribution in [0.15, 0.2) is 206 Å². The second kappa shape index (κ2) is 17.0. The van der Waals surface area contributed by atoms with Gasteiger partial charge in [-0.1, -0.05) is 260 Å². The van der Waals surface area contributed by atoms with Crippen LogP contribution in [0.2, 0.25) is 0 Å². The smallest absolute Gasteiger partial charge is 0.0726 e. The largest absolute Gasteiger partial charge is 0.310 e. The number of nitrogens with zero attached hydrogens (tertiary/aromatic N) is 1. The van der Waals surface area contributed by atoms with E-state index in [9.17, 15) is 0 Å². The van der Waals surface area contributed by atoms with E-state index in [1.165, 1.54) is 117 Å². The third-order valence-corrected chi connectivity index (χ3v) is 20.3. The van der Waals surface area contributed by atoms with E-state index in [0.717, 1.165) is 24.2 Å². The summed E-state index contributed by atoms with van der Waals surface area (Å²) in [7, 11) is 0. The Labute approximate surface area is 477 Å². The van der Waals surface area contributed by atoms with E-state index in [1.807, 2.05) is 0 Å². The van der Waals surface area contributed by atoms with Crippen molar-refractivity contribution >= 4 is 28.2 Å². The van der Waals surface area contributed by atoms with E-state index < -0.39 is 10.8 Å². The van der Waals surface area contributed by atoms with Crippen molar-refractivity contribution < 1.29 is 0 Å². The van der Waals surface area contributed by atoms with Gasteiger partial charge in [-0.15, -0.1) is 0 Å². The van der Waals surface area contributed by atoms with Gasteiger partial charge in [0.1, 0.15) is 0 Å². The summed E-state index contributed by atoms with van der Waals surface area (Å²) in [5, 5.41) is 0. The molecule has 1 heteroatoms. The molecule has 398 valence electrons. The van der Waals surface area contributed by atoms with Gasteiger partial charge >= 0.3 is 0 Å². The average molecular weight is 1040 g/mol. The van der Waals surface area contributed by atoms with Crippen LogP contribution in [0.3, 0.4) is 0 Å². The number of para-hydroxylation sites is 1. The topological polar surface area (TPSA) is 3.24 Å². The summed E-state index contributed by atoms with van der Waals surface area (Å²) in [6.45, 7) is 31.2. The Balaban J connectivity index is 1.08. The summed E-state index contributed by atoms with van der Waals surface area (Å²) in [6, 6.07) is 67.0. The van der Waals surface area contributed by atoms with E-state index in [-0.39, 0.29) is 33.0 Å². The van der Waals surface area contributed by atoms with Crippen molar-refractivity contribution in [1.82, 2.24) is 0 Å². The van der Waals surface area contributed by atoms with Gasteiger partial charge in [0.25, 0.3) is 0 Å². The molecule has 0 saturated heterocycles. The Morgan fingerprint density at radius 2 is 0.938 bits per heavy atom. The quantitative estimate of drug-likeness (QED) is 0.170. The molecule has 8 aromatic rings. The van der Waals surface area contributed by atoms with Gasteiger partial charge < -0.3 is 4.90 Å². The van der Waals surface area contributed by atoms with Crippen LogP contribution in [0, 0.1) is 16.7 Å². The number of hydrogen-bond acceptors (Lipinski definition) is 1. The predicted octanol–water partition coefficient (Wildman–Crippen LogP) is 21.1. The Kier molecular flexibility index (Phi) is 10.8. The van der Waals surface area contributed by atoms with E-state index >= 15 is 0 Å². The lowest BCUT2D eigenvalue weighted by Gasteiger charge is -2.45. The van der Waals surface area contributed by atoms with Crippen LogP contribution in [0.5, 0.6) is 0 Å². The minimum Gasteiger partial charge on any atom is -0.310 e. The molecule has 2 spiro atoms. The molecule has 6 aliphatic carbocycles. The highest BCUT2D eigenvalue weighted by molar-refractivity contribution is 6.01. The van der Waals surface area contributed by atoms with Gasteiger partial charge in [-0.05, 0) is 176 Å².